The molecular formula is C8H10O3. The molecule has 0 amide bonds. The van der Waals surface area contributed by atoms with Crippen LogP contribution in [0.4, 0.5) is 0 Å². The van der Waals surface area contributed by atoms with Gasteiger partial charge in [0, 0.05) is 12.8 Å². The van der Waals surface area contributed by atoms with Gasteiger partial charge >= 0.3 is 11.9 Å². The van der Waals surface area contributed by atoms with Gasteiger partial charge in [0.2, 0.25) is 0 Å². The number of hydrogen-bond donors (Lipinski definition) is 0. The standard InChI is InChI=1S/C8H10O3/c1-2-3-6-4-7(9)11-8(10)5-6/h2,6H,1,3-5H2. The second-order valence-corrected chi connectivity index (χ2v) is 2.64. The Hall–Kier alpha value is -1.12. The van der Waals surface area contributed by atoms with E-state index in [1.807, 2.05) is 0 Å². The summed E-state index contributed by atoms with van der Waals surface area (Å²) in [4.78, 5) is 21.4. The maximum absolute atomic E-state index is 10.7. The van der Waals surface area contributed by atoms with E-state index >= 15 is 0 Å². The van der Waals surface area contributed by atoms with Crippen molar-refractivity contribution < 1.29 is 14.3 Å². The van der Waals surface area contributed by atoms with Crippen LogP contribution in [0.25, 0.3) is 0 Å². The van der Waals surface area contributed by atoms with Crippen LogP contribution in [-0.4, -0.2) is 11.9 Å². The molecule has 3 nitrogen and oxygen atoms in total. The fraction of sp³-hybridized carbons (Fsp3) is 0.500. The Labute approximate surface area is 65.0 Å². The van der Waals surface area contributed by atoms with Crippen molar-refractivity contribution >= 4 is 11.9 Å². The highest BCUT2D eigenvalue weighted by Crippen LogP contribution is 2.20. The van der Waals surface area contributed by atoms with Crippen LogP contribution in [-0.2, 0) is 14.3 Å². The Morgan fingerprint density at radius 2 is 2.00 bits per heavy atom. The monoisotopic (exact) mass is 154 g/mol. The number of allylic oxidation sites excluding steroid dienone is 1. The van der Waals surface area contributed by atoms with E-state index in [0.717, 1.165) is 0 Å². The molecule has 60 valence electrons. The molecule has 11 heavy (non-hydrogen) atoms. The average Bonchev–Trinajstić information content (AvgIpc) is 1.85. The number of esters is 2. The fourth-order valence-corrected chi connectivity index (χ4v) is 1.16. The van der Waals surface area contributed by atoms with Gasteiger partial charge in [0.25, 0.3) is 0 Å². The molecule has 0 unspecified atom stereocenters. The smallest absolute Gasteiger partial charge is 0.313 e. The maximum Gasteiger partial charge on any atom is 0.313 e. The Kier molecular flexibility index (Phi) is 2.41. The van der Waals surface area contributed by atoms with E-state index in [-0.39, 0.29) is 5.92 Å². The summed E-state index contributed by atoms with van der Waals surface area (Å²) < 4.78 is 4.35. The first-order chi connectivity index (χ1) is 5.22. The van der Waals surface area contributed by atoms with Crippen LogP contribution in [0.3, 0.4) is 0 Å². The van der Waals surface area contributed by atoms with Crippen LogP contribution in [0.5, 0.6) is 0 Å². The van der Waals surface area contributed by atoms with Gasteiger partial charge in [-0.05, 0) is 12.3 Å². The molecule has 0 aromatic carbocycles. The number of ether oxygens (including phenoxy) is 1. The summed E-state index contributed by atoms with van der Waals surface area (Å²) in [5.74, 6) is -0.706. The van der Waals surface area contributed by atoms with Crippen molar-refractivity contribution in [1.82, 2.24) is 0 Å². The average molecular weight is 154 g/mol. The van der Waals surface area contributed by atoms with Gasteiger partial charge < -0.3 is 4.74 Å². The third-order valence-corrected chi connectivity index (χ3v) is 1.64. The molecule has 1 rings (SSSR count). The van der Waals surface area contributed by atoms with Gasteiger partial charge in [-0.2, -0.15) is 0 Å². The van der Waals surface area contributed by atoms with Crippen molar-refractivity contribution in [2.75, 3.05) is 0 Å². The molecule has 0 atom stereocenters. The summed E-state index contributed by atoms with van der Waals surface area (Å²) in [6.45, 7) is 3.54. The highest BCUT2D eigenvalue weighted by atomic mass is 16.6. The predicted octanol–water partition coefficient (Wildman–Crippen LogP) is 1.04. The van der Waals surface area contributed by atoms with Crippen LogP contribution in [0.2, 0.25) is 0 Å². The number of carbonyl (C=O) groups excluding carboxylic acids is 2. The lowest BCUT2D eigenvalue weighted by Crippen LogP contribution is -2.24. The van der Waals surface area contributed by atoms with Crippen molar-refractivity contribution in [3.8, 4) is 0 Å². The van der Waals surface area contributed by atoms with Crippen molar-refractivity contribution in [3.63, 3.8) is 0 Å². The van der Waals surface area contributed by atoms with Crippen LogP contribution >= 0.6 is 0 Å². The van der Waals surface area contributed by atoms with E-state index in [1.165, 1.54) is 0 Å². The molecule has 0 aromatic heterocycles. The zero-order valence-corrected chi connectivity index (χ0v) is 6.21. The molecule has 0 aliphatic carbocycles. The summed E-state index contributed by atoms with van der Waals surface area (Å²) in [6.07, 6.45) is 3.12. The van der Waals surface area contributed by atoms with E-state index < -0.39 is 11.9 Å². The summed E-state index contributed by atoms with van der Waals surface area (Å²) in [5.41, 5.74) is 0. The molecule has 1 fully saturated rings. The van der Waals surface area contributed by atoms with Crippen LogP contribution in [0, 0.1) is 5.92 Å². The van der Waals surface area contributed by atoms with Gasteiger partial charge in [0.1, 0.15) is 0 Å². The van der Waals surface area contributed by atoms with Gasteiger partial charge in [-0.3, -0.25) is 9.59 Å². The first-order valence-electron chi connectivity index (χ1n) is 3.56. The highest BCUT2D eigenvalue weighted by molar-refractivity contribution is 5.88. The molecule has 0 saturated carbocycles. The van der Waals surface area contributed by atoms with Crippen LogP contribution in [0.1, 0.15) is 19.3 Å². The molecular weight excluding hydrogens is 144 g/mol. The molecule has 1 saturated heterocycles. The topological polar surface area (TPSA) is 43.4 Å². The highest BCUT2D eigenvalue weighted by Gasteiger charge is 2.25. The van der Waals surface area contributed by atoms with E-state index in [4.69, 9.17) is 0 Å². The summed E-state index contributed by atoms with van der Waals surface area (Å²) in [5, 5.41) is 0. The molecule has 1 aliphatic heterocycles. The minimum Gasteiger partial charge on any atom is -0.393 e. The third kappa shape index (κ3) is 2.18. The zero-order chi connectivity index (χ0) is 8.27. The Balaban J connectivity index is 2.49. The van der Waals surface area contributed by atoms with Crippen molar-refractivity contribution in [3.05, 3.63) is 12.7 Å². The minimum atomic E-state index is -0.409. The molecule has 1 heterocycles. The van der Waals surface area contributed by atoms with E-state index in [1.54, 1.807) is 6.08 Å². The van der Waals surface area contributed by atoms with Gasteiger partial charge in [0.15, 0.2) is 0 Å². The predicted molar refractivity (Wildman–Crippen MR) is 38.6 cm³/mol. The first-order valence-corrected chi connectivity index (χ1v) is 3.56. The number of carbonyl (C=O) groups is 2. The molecule has 3 heteroatoms. The lowest BCUT2D eigenvalue weighted by molar-refractivity contribution is -0.165. The lowest BCUT2D eigenvalue weighted by Gasteiger charge is -2.17. The van der Waals surface area contributed by atoms with Crippen molar-refractivity contribution in [2.24, 2.45) is 5.92 Å². The summed E-state index contributed by atoms with van der Waals surface area (Å²) >= 11 is 0. The molecule has 0 bridgehead atoms. The van der Waals surface area contributed by atoms with Gasteiger partial charge in [-0.1, -0.05) is 6.08 Å². The third-order valence-electron chi connectivity index (χ3n) is 1.64. The Bertz CT molecular complexity index is 180. The van der Waals surface area contributed by atoms with Gasteiger partial charge in [-0.25, -0.2) is 0 Å². The second-order valence-electron chi connectivity index (χ2n) is 2.64. The molecule has 0 radical (unpaired) electrons. The Morgan fingerprint density at radius 3 is 2.45 bits per heavy atom. The van der Waals surface area contributed by atoms with E-state index in [0.29, 0.717) is 19.3 Å². The van der Waals surface area contributed by atoms with E-state index in [2.05, 4.69) is 11.3 Å². The van der Waals surface area contributed by atoms with Crippen LogP contribution in [0.15, 0.2) is 12.7 Å². The van der Waals surface area contributed by atoms with Gasteiger partial charge in [0.05, 0.1) is 0 Å². The summed E-state index contributed by atoms with van der Waals surface area (Å²) in [7, 11) is 0. The number of rotatable bonds is 2. The van der Waals surface area contributed by atoms with Crippen LogP contribution < -0.4 is 0 Å². The number of cyclic esters (lactones) is 2. The Morgan fingerprint density at radius 1 is 1.45 bits per heavy atom. The molecule has 0 N–H and O–H groups in total. The zero-order valence-electron chi connectivity index (χ0n) is 6.21. The van der Waals surface area contributed by atoms with E-state index in [9.17, 15) is 9.59 Å². The van der Waals surface area contributed by atoms with Crippen molar-refractivity contribution in [2.45, 2.75) is 19.3 Å². The maximum atomic E-state index is 10.7. The second kappa shape index (κ2) is 3.32. The first kappa shape index (κ1) is 7.98. The SMILES string of the molecule is C=CCC1CC(=O)OC(=O)C1. The molecule has 1 aliphatic rings. The van der Waals surface area contributed by atoms with Gasteiger partial charge in [-0.15, -0.1) is 6.58 Å². The summed E-state index contributed by atoms with van der Waals surface area (Å²) in [6, 6.07) is 0. The minimum absolute atomic E-state index is 0.112. The molecule has 0 spiro atoms. The number of hydrogen-bond acceptors (Lipinski definition) is 3. The van der Waals surface area contributed by atoms with Crippen molar-refractivity contribution in [1.29, 1.82) is 0 Å². The molecule has 0 aromatic rings. The normalized spacial score (nSPS) is 19.6. The quantitative estimate of drug-likeness (QED) is 0.339. The largest absolute Gasteiger partial charge is 0.393 e. The lowest BCUT2D eigenvalue weighted by atomic mass is 9.96. The fourth-order valence-electron chi connectivity index (χ4n) is 1.16.